The molecule has 0 amide bonds. The Labute approximate surface area is 164 Å². The molecule has 0 spiro atoms. The molecule has 0 saturated heterocycles. The summed E-state index contributed by atoms with van der Waals surface area (Å²) in [5, 5.41) is 3.70. The molecule has 2 heterocycles. The fourth-order valence-electron chi connectivity index (χ4n) is 2.73. The number of aromatic nitrogens is 3. The van der Waals surface area contributed by atoms with E-state index in [4.69, 9.17) is 14.2 Å². The van der Waals surface area contributed by atoms with Crippen LogP contribution >= 0.6 is 0 Å². The molecule has 0 atom stereocenters. The molecular formula is C19H18F3N3O4. The maximum Gasteiger partial charge on any atom is 0.433 e. The average Bonchev–Trinajstić information content (AvgIpc) is 3.09. The molecule has 0 saturated carbocycles. The van der Waals surface area contributed by atoms with Gasteiger partial charge in [0.05, 0.1) is 32.2 Å². The summed E-state index contributed by atoms with van der Waals surface area (Å²) >= 11 is 0. The number of hydrogen-bond acceptors (Lipinski definition) is 6. The van der Waals surface area contributed by atoms with E-state index in [9.17, 15) is 18.0 Å². The zero-order valence-corrected chi connectivity index (χ0v) is 16.1. The van der Waals surface area contributed by atoms with Crippen LogP contribution in [-0.2, 0) is 10.9 Å². The van der Waals surface area contributed by atoms with Crippen LogP contribution in [0.5, 0.6) is 11.5 Å². The second-order valence-corrected chi connectivity index (χ2v) is 6.34. The van der Waals surface area contributed by atoms with E-state index in [0.717, 1.165) is 12.3 Å². The number of carbonyl (C=O) groups excluding carboxylic acids is 1. The van der Waals surface area contributed by atoms with Crippen molar-refractivity contribution in [2.24, 2.45) is 0 Å². The van der Waals surface area contributed by atoms with Crippen molar-refractivity contribution in [2.75, 3.05) is 14.2 Å². The van der Waals surface area contributed by atoms with E-state index in [2.05, 4.69) is 10.1 Å². The molecule has 0 radical (unpaired) electrons. The van der Waals surface area contributed by atoms with Gasteiger partial charge in [0, 0.05) is 5.56 Å². The van der Waals surface area contributed by atoms with Crippen molar-refractivity contribution in [3.63, 3.8) is 0 Å². The van der Waals surface area contributed by atoms with Gasteiger partial charge in [-0.05, 0) is 38.1 Å². The Morgan fingerprint density at radius 1 is 1.10 bits per heavy atom. The molecule has 7 nitrogen and oxygen atoms in total. The quantitative estimate of drug-likeness (QED) is 0.593. The van der Waals surface area contributed by atoms with Crippen LogP contribution in [0, 0.1) is 0 Å². The third-order valence-electron chi connectivity index (χ3n) is 4.00. The van der Waals surface area contributed by atoms with Crippen LogP contribution in [0.2, 0.25) is 0 Å². The summed E-state index contributed by atoms with van der Waals surface area (Å²) in [7, 11) is 2.86. The highest BCUT2D eigenvalue weighted by molar-refractivity contribution is 5.96. The van der Waals surface area contributed by atoms with Gasteiger partial charge in [-0.2, -0.15) is 18.3 Å². The highest BCUT2D eigenvalue weighted by Gasteiger charge is 2.36. The number of esters is 1. The summed E-state index contributed by atoms with van der Waals surface area (Å²) in [5.74, 6) is -0.0628. The Kier molecular flexibility index (Phi) is 5.36. The predicted molar refractivity (Wildman–Crippen MR) is 97.1 cm³/mol. The lowest BCUT2D eigenvalue weighted by atomic mass is 10.1. The third kappa shape index (κ3) is 3.96. The van der Waals surface area contributed by atoms with Crippen molar-refractivity contribution in [1.82, 2.24) is 14.6 Å². The van der Waals surface area contributed by atoms with Crippen molar-refractivity contribution < 1.29 is 32.2 Å². The van der Waals surface area contributed by atoms with Crippen molar-refractivity contribution >= 4 is 11.6 Å². The van der Waals surface area contributed by atoms with Crippen LogP contribution < -0.4 is 9.47 Å². The molecule has 3 rings (SSSR count). The van der Waals surface area contributed by atoms with E-state index in [0.29, 0.717) is 21.6 Å². The number of rotatable bonds is 5. The van der Waals surface area contributed by atoms with Gasteiger partial charge in [0.25, 0.3) is 0 Å². The molecule has 0 aliphatic carbocycles. The lowest BCUT2D eigenvalue weighted by molar-refractivity contribution is -0.142. The first-order valence-corrected chi connectivity index (χ1v) is 8.55. The molecule has 29 heavy (non-hydrogen) atoms. The number of nitrogens with zero attached hydrogens (tertiary/aromatic N) is 3. The second kappa shape index (κ2) is 7.61. The van der Waals surface area contributed by atoms with E-state index in [1.807, 2.05) is 0 Å². The fourth-order valence-corrected chi connectivity index (χ4v) is 2.73. The lowest BCUT2D eigenvalue weighted by Gasteiger charge is -2.13. The first-order valence-electron chi connectivity index (χ1n) is 8.55. The van der Waals surface area contributed by atoms with E-state index in [1.165, 1.54) is 20.3 Å². The highest BCUT2D eigenvalue weighted by atomic mass is 19.4. The summed E-state index contributed by atoms with van der Waals surface area (Å²) < 4.78 is 57.0. The van der Waals surface area contributed by atoms with Gasteiger partial charge in [0.15, 0.2) is 22.8 Å². The molecule has 10 heteroatoms. The number of fused-ring (bicyclic) bond motifs is 1. The van der Waals surface area contributed by atoms with Gasteiger partial charge in [-0.25, -0.2) is 14.3 Å². The number of ether oxygens (including phenoxy) is 3. The van der Waals surface area contributed by atoms with Crippen molar-refractivity contribution in [3.8, 4) is 22.8 Å². The lowest BCUT2D eigenvalue weighted by Crippen LogP contribution is -2.15. The third-order valence-corrected chi connectivity index (χ3v) is 4.00. The summed E-state index contributed by atoms with van der Waals surface area (Å²) in [5.41, 5.74) is -1.15. The van der Waals surface area contributed by atoms with Gasteiger partial charge in [0.2, 0.25) is 0 Å². The zero-order chi connectivity index (χ0) is 21.3. The molecule has 154 valence electrons. The van der Waals surface area contributed by atoms with Crippen molar-refractivity contribution in [3.05, 3.63) is 41.7 Å². The van der Waals surface area contributed by atoms with Crippen LogP contribution in [0.15, 0.2) is 30.5 Å². The molecule has 0 N–H and O–H groups in total. The maximum absolute atomic E-state index is 13.6. The van der Waals surface area contributed by atoms with Crippen molar-refractivity contribution in [2.45, 2.75) is 26.1 Å². The normalized spacial score (nSPS) is 11.7. The largest absolute Gasteiger partial charge is 0.493 e. The van der Waals surface area contributed by atoms with E-state index in [-0.39, 0.29) is 16.9 Å². The summed E-state index contributed by atoms with van der Waals surface area (Å²) in [6.45, 7) is 3.26. The van der Waals surface area contributed by atoms with Crippen LogP contribution in [0.3, 0.4) is 0 Å². The van der Waals surface area contributed by atoms with Gasteiger partial charge in [0.1, 0.15) is 5.56 Å². The Morgan fingerprint density at radius 2 is 1.79 bits per heavy atom. The predicted octanol–water partition coefficient (Wildman–Crippen LogP) is 4.00. The Morgan fingerprint density at radius 3 is 2.38 bits per heavy atom. The number of alkyl halides is 3. The highest BCUT2D eigenvalue weighted by Crippen LogP contribution is 2.35. The van der Waals surface area contributed by atoms with Crippen LogP contribution in [-0.4, -0.2) is 40.9 Å². The number of methoxy groups -OCH3 is 2. The maximum atomic E-state index is 13.6. The SMILES string of the molecule is COc1ccc(-c2cc(C(F)(F)F)n3ncc(C(=O)OC(C)C)c3n2)cc1OC. The smallest absolute Gasteiger partial charge is 0.433 e. The van der Waals surface area contributed by atoms with Crippen LogP contribution in [0.1, 0.15) is 29.9 Å². The first-order chi connectivity index (χ1) is 13.7. The molecule has 0 aliphatic heterocycles. The van der Waals surface area contributed by atoms with Gasteiger partial charge in [-0.15, -0.1) is 0 Å². The topological polar surface area (TPSA) is 75.0 Å². The van der Waals surface area contributed by atoms with Gasteiger partial charge >= 0.3 is 12.1 Å². The summed E-state index contributed by atoms with van der Waals surface area (Å²) in [4.78, 5) is 16.5. The molecular weight excluding hydrogens is 391 g/mol. The Hall–Kier alpha value is -3.30. The molecule has 3 aromatic rings. The molecule has 0 bridgehead atoms. The minimum Gasteiger partial charge on any atom is -0.493 e. The molecule has 2 aromatic heterocycles. The van der Waals surface area contributed by atoms with Crippen molar-refractivity contribution in [1.29, 1.82) is 0 Å². The zero-order valence-electron chi connectivity index (χ0n) is 16.1. The molecule has 1 aromatic carbocycles. The summed E-state index contributed by atoms with van der Waals surface area (Å²) in [6.07, 6.45) is -4.16. The number of halogens is 3. The van der Waals surface area contributed by atoms with Gasteiger partial charge in [-0.1, -0.05) is 0 Å². The van der Waals surface area contributed by atoms with E-state index in [1.54, 1.807) is 26.0 Å². The number of hydrogen-bond donors (Lipinski definition) is 0. The number of carbonyl (C=O) groups is 1. The monoisotopic (exact) mass is 409 g/mol. The molecule has 0 aliphatic rings. The van der Waals surface area contributed by atoms with Crippen LogP contribution in [0.4, 0.5) is 13.2 Å². The van der Waals surface area contributed by atoms with E-state index < -0.39 is 23.9 Å². The van der Waals surface area contributed by atoms with E-state index >= 15 is 0 Å². The molecule has 0 fully saturated rings. The summed E-state index contributed by atoms with van der Waals surface area (Å²) in [6, 6.07) is 5.46. The van der Waals surface area contributed by atoms with Gasteiger partial charge in [-0.3, -0.25) is 0 Å². The minimum absolute atomic E-state index is 0.00937. The Bertz CT molecular complexity index is 1060. The standard InChI is InChI=1S/C19H18F3N3O4/c1-10(2)29-18(26)12-9-23-25-16(19(20,21)22)8-13(24-17(12)25)11-5-6-14(27-3)15(7-11)28-4/h5-10H,1-4H3. The first kappa shape index (κ1) is 20.4. The minimum atomic E-state index is -4.72. The fraction of sp³-hybridized carbons (Fsp3) is 0.316. The molecule has 0 unspecified atom stereocenters. The number of benzene rings is 1. The second-order valence-electron chi connectivity index (χ2n) is 6.34. The Balaban J connectivity index is 2.24. The van der Waals surface area contributed by atoms with Crippen LogP contribution in [0.25, 0.3) is 16.9 Å². The average molecular weight is 409 g/mol. The van der Waals surface area contributed by atoms with Gasteiger partial charge < -0.3 is 14.2 Å².